The average molecular weight is 467 g/mol. The fraction of sp³-hybridized carbons (Fsp3) is 0.185. The number of benzene rings is 3. The lowest BCUT2D eigenvalue weighted by atomic mass is 10.1. The first-order valence-corrected chi connectivity index (χ1v) is 11.6. The fourth-order valence-corrected chi connectivity index (χ4v) is 4.63. The molecule has 0 aliphatic carbocycles. The lowest BCUT2D eigenvalue weighted by Gasteiger charge is -2.35. The van der Waals surface area contributed by atoms with Gasteiger partial charge in [-0.3, -0.25) is 4.79 Å². The topological polar surface area (TPSA) is 66.6 Å². The number of piperazine rings is 1. The highest BCUT2D eigenvalue weighted by molar-refractivity contribution is 5.95. The minimum atomic E-state index is -0.351. The van der Waals surface area contributed by atoms with Gasteiger partial charge in [-0.05, 0) is 49.4 Å². The van der Waals surface area contributed by atoms with Gasteiger partial charge < -0.3 is 9.80 Å². The van der Waals surface area contributed by atoms with Crippen molar-refractivity contribution in [1.29, 1.82) is 0 Å². The van der Waals surface area contributed by atoms with Crippen LogP contribution in [0.1, 0.15) is 15.9 Å². The van der Waals surface area contributed by atoms with E-state index < -0.39 is 0 Å². The number of fused-ring (bicyclic) bond motifs is 3. The summed E-state index contributed by atoms with van der Waals surface area (Å²) in [6.45, 7) is 4.35. The van der Waals surface area contributed by atoms with E-state index in [1.807, 2.05) is 40.8 Å². The van der Waals surface area contributed by atoms with Crippen LogP contribution in [0.25, 0.3) is 27.9 Å². The Morgan fingerprint density at radius 3 is 2.43 bits per heavy atom. The predicted octanol–water partition coefficient (Wildman–Crippen LogP) is 4.35. The number of anilines is 1. The van der Waals surface area contributed by atoms with Crippen LogP contribution < -0.4 is 4.90 Å². The molecule has 0 atom stereocenters. The molecule has 1 aliphatic rings. The zero-order chi connectivity index (χ0) is 23.9. The minimum Gasteiger partial charge on any atom is -0.338 e. The fourth-order valence-electron chi connectivity index (χ4n) is 4.63. The van der Waals surface area contributed by atoms with Crippen LogP contribution in [-0.4, -0.2) is 56.6 Å². The van der Waals surface area contributed by atoms with E-state index in [1.165, 1.54) is 24.3 Å². The number of carbonyl (C=O) groups excluding carboxylic acids is 1. The van der Waals surface area contributed by atoms with Gasteiger partial charge in [0.05, 0.1) is 5.52 Å². The molecule has 0 bridgehead atoms. The van der Waals surface area contributed by atoms with Gasteiger partial charge >= 0.3 is 0 Å². The molecule has 1 saturated heterocycles. The molecule has 0 N–H and O–H groups in total. The third-order valence-electron chi connectivity index (χ3n) is 6.45. The maximum absolute atomic E-state index is 13.3. The first-order valence-electron chi connectivity index (χ1n) is 11.6. The van der Waals surface area contributed by atoms with Crippen molar-refractivity contribution in [2.24, 2.45) is 0 Å². The van der Waals surface area contributed by atoms with Crippen LogP contribution in [0.5, 0.6) is 0 Å². The summed E-state index contributed by atoms with van der Waals surface area (Å²) in [5.74, 6) is 1.05. The summed E-state index contributed by atoms with van der Waals surface area (Å²) in [6, 6.07) is 21.8. The van der Waals surface area contributed by atoms with E-state index in [2.05, 4.69) is 34.2 Å². The quantitative estimate of drug-likeness (QED) is 0.395. The van der Waals surface area contributed by atoms with Crippen molar-refractivity contribution in [3.8, 4) is 11.4 Å². The van der Waals surface area contributed by atoms with Crippen molar-refractivity contribution in [1.82, 2.24) is 24.5 Å². The second kappa shape index (κ2) is 8.47. The van der Waals surface area contributed by atoms with Gasteiger partial charge in [0.25, 0.3) is 5.91 Å². The maximum Gasteiger partial charge on any atom is 0.253 e. The molecule has 0 radical (unpaired) electrons. The van der Waals surface area contributed by atoms with Crippen LogP contribution in [0.2, 0.25) is 0 Å². The highest BCUT2D eigenvalue weighted by atomic mass is 19.1. The molecule has 2 aromatic heterocycles. The molecule has 174 valence electrons. The number of rotatable bonds is 3. The first kappa shape index (κ1) is 21.2. The summed E-state index contributed by atoms with van der Waals surface area (Å²) in [5.41, 5.74) is 4.21. The summed E-state index contributed by atoms with van der Waals surface area (Å²) in [6.07, 6.45) is 0. The van der Waals surface area contributed by atoms with E-state index >= 15 is 0 Å². The predicted molar refractivity (Wildman–Crippen MR) is 133 cm³/mol. The van der Waals surface area contributed by atoms with E-state index in [-0.39, 0.29) is 11.7 Å². The zero-order valence-corrected chi connectivity index (χ0v) is 19.2. The normalized spacial score (nSPS) is 14.1. The molecule has 3 heterocycles. The smallest absolute Gasteiger partial charge is 0.253 e. The molecule has 6 rings (SSSR count). The average Bonchev–Trinajstić information content (AvgIpc) is 3.34. The van der Waals surface area contributed by atoms with E-state index in [1.54, 1.807) is 4.90 Å². The Labute approximate surface area is 201 Å². The van der Waals surface area contributed by atoms with E-state index in [4.69, 9.17) is 4.98 Å². The molecule has 1 aliphatic heterocycles. The molecule has 5 aromatic rings. The summed E-state index contributed by atoms with van der Waals surface area (Å²) >= 11 is 0. The first-order chi connectivity index (χ1) is 17.1. The van der Waals surface area contributed by atoms with Crippen molar-refractivity contribution >= 4 is 28.4 Å². The Bertz CT molecular complexity index is 1550. The summed E-state index contributed by atoms with van der Waals surface area (Å²) < 4.78 is 15.3. The SMILES string of the molecule is Cc1cccc(-c2nnc3c4ccccc4nc(N4CCN(C(=O)c5ccc(F)cc5)CC4)n23)c1. The molecular formula is C27H23FN6O. The van der Waals surface area contributed by atoms with Gasteiger partial charge in [0.15, 0.2) is 11.5 Å². The summed E-state index contributed by atoms with van der Waals surface area (Å²) in [5, 5.41) is 10.0. The third-order valence-corrected chi connectivity index (χ3v) is 6.45. The highest BCUT2D eigenvalue weighted by Gasteiger charge is 2.26. The van der Waals surface area contributed by atoms with Gasteiger partial charge in [0.2, 0.25) is 5.95 Å². The number of aryl methyl sites for hydroxylation is 1. The van der Waals surface area contributed by atoms with Gasteiger partial charge in [0, 0.05) is 42.7 Å². The second-order valence-corrected chi connectivity index (χ2v) is 8.77. The Morgan fingerprint density at radius 2 is 1.66 bits per heavy atom. The Hall–Kier alpha value is -4.33. The van der Waals surface area contributed by atoms with Crippen molar-refractivity contribution in [2.45, 2.75) is 6.92 Å². The number of hydrogen-bond donors (Lipinski definition) is 0. The van der Waals surface area contributed by atoms with Crippen LogP contribution in [0, 0.1) is 12.7 Å². The van der Waals surface area contributed by atoms with Crippen molar-refractivity contribution in [3.05, 3.63) is 89.7 Å². The molecule has 0 spiro atoms. The number of amides is 1. The number of nitrogens with zero attached hydrogens (tertiary/aromatic N) is 6. The number of aromatic nitrogens is 4. The minimum absolute atomic E-state index is 0.0917. The molecule has 3 aromatic carbocycles. The molecule has 0 unspecified atom stereocenters. The number of halogens is 1. The van der Waals surface area contributed by atoms with Crippen LogP contribution >= 0.6 is 0 Å². The maximum atomic E-state index is 13.3. The van der Waals surface area contributed by atoms with Crippen molar-refractivity contribution < 1.29 is 9.18 Å². The molecule has 1 amide bonds. The number of para-hydroxylation sites is 1. The van der Waals surface area contributed by atoms with Gasteiger partial charge in [-0.25, -0.2) is 13.8 Å². The molecule has 0 saturated carbocycles. The molecular weight excluding hydrogens is 443 g/mol. The Morgan fingerprint density at radius 1 is 0.886 bits per heavy atom. The van der Waals surface area contributed by atoms with E-state index in [0.717, 1.165) is 39.4 Å². The van der Waals surface area contributed by atoms with Gasteiger partial charge in [-0.1, -0.05) is 35.9 Å². The monoisotopic (exact) mass is 466 g/mol. The van der Waals surface area contributed by atoms with Crippen LogP contribution in [-0.2, 0) is 0 Å². The van der Waals surface area contributed by atoms with E-state index in [9.17, 15) is 9.18 Å². The van der Waals surface area contributed by atoms with Crippen molar-refractivity contribution in [3.63, 3.8) is 0 Å². The molecule has 7 nitrogen and oxygen atoms in total. The van der Waals surface area contributed by atoms with Gasteiger partial charge in [-0.15, -0.1) is 10.2 Å². The molecule has 8 heteroatoms. The Balaban J connectivity index is 1.38. The summed E-state index contributed by atoms with van der Waals surface area (Å²) in [7, 11) is 0. The number of carbonyl (C=O) groups is 1. The molecule has 35 heavy (non-hydrogen) atoms. The lowest BCUT2D eigenvalue weighted by Crippen LogP contribution is -2.49. The van der Waals surface area contributed by atoms with Crippen LogP contribution in [0.15, 0.2) is 72.8 Å². The Kier molecular flexibility index (Phi) is 5.13. The summed E-state index contributed by atoms with van der Waals surface area (Å²) in [4.78, 5) is 21.9. The van der Waals surface area contributed by atoms with Crippen LogP contribution in [0.4, 0.5) is 10.3 Å². The largest absolute Gasteiger partial charge is 0.338 e. The standard InChI is InChI=1S/C27H23FN6O/c1-18-5-4-6-20(17-18)24-30-31-25-22-7-2-3-8-23(22)29-27(34(24)25)33-15-13-32(14-16-33)26(35)19-9-11-21(28)12-10-19/h2-12,17H,13-16H2,1H3. The van der Waals surface area contributed by atoms with E-state index in [0.29, 0.717) is 31.7 Å². The molecule has 1 fully saturated rings. The van der Waals surface area contributed by atoms with Crippen LogP contribution in [0.3, 0.4) is 0 Å². The third kappa shape index (κ3) is 3.77. The van der Waals surface area contributed by atoms with Gasteiger partial charge in [0.1, 0.15) is 5.82 Å². The number of hydrogen-bond acceptors (Lipinski definition) is 5. The lowest BCUT2D eigenvalue weighted by molar-refractivity contribution is 0.0746. The highest BCUT2D eigenvalue weighted by Crippen LogP contribution is 2.29. The van der Waals surface area contributed by atoms with Crippen molar-refractivity contribution in [2.75, 3.05) is 31.1 Å². The van der Waals surface area contributed by atoms with Gasteiger partial charge in [-0.2, -0.15) is 0 Å². The second-order valence-electron chi connectivity index (χ2n) is 8.77. The zero-order valence-electron chi connectivity index (χ0n) is 19.2.